The van der Waals surface area contributed by atoms with Crippen molar-refractivity contribution in [3.05, 3.63) is 113 Å². The zero-order chi connectivity index (χ0) is 32.1. The van der Waals surface area contributed by atoms with Gasteiger partial charge in [-0.15, -0.1) is 0 Å². The molecule has 4 N–H and O–H groups in total. The van der Waals surface area contributed by atoms with Gasteiger partial charge in [-0.25, -0.2) is 14.8 Å². The molecule has 2 heterocycles. The summed E-state index contributed by atoms with van der Waals surface area (Å²) in [6, 6.07) is 16.1. The van der Waals surface area contributed by atoms with Crippen LogP contribution in [-0.2, 0) is 6.18 Å². The highest BCUT2D eigenvalue weighted by Crippen LogP contribution is 2.41. The number of ketones is 1. The van der Waals surface area contributed by atoms with Gasteiger partial charge in [0.25, 0.3) is 0 Å². The predicted octanol–water partition coefficient (Wildman–Crippen LogP) is 6.67. The van der Waals surface area contributed by atoms with Crippen molar-refractivity contribution in [2.75, 3.05) is 22.5 Å². The monoisotopic (exact) mass is 635 g/mol. The lowest BCUT2D eigenvalue weighted by molar-refractivity contribution is -0.137. The van der Waals surface area contributed by atoms with Crippen molar-refractivity contribution in [3.8, 4) is 16.9 Å². The van der Waals surface area contributed by atoms with E-state index >= 15 is 0 Å². The molecule has 1 atom stereocenters. The van der Waals surface area contributed by atoms with E-state index in [1.165, 1.54) is 77.6 Å². The quantitative estimate of drug-likeness (QED) is 0.133. The van der Waals surface area contributed by atoms with Crippen molar-refractivity contribution in [1.82, 2.24) is 19.5 Å². The molecule has 3 aromatic carbocycles. The maximum Gasteiger partial charge on any atom is 0.417 e. The fourth-order valence-corrected chi connectivity index (χ4v) is 4.53. The van der Waals surface area contributed by atoms with Crippen LogP contribution in [0.5, 0.6) is 0 Å². The molecular weight excluding hydrogens is 611 g/mol. The molecule has 0 bridgehead atoms. The molecular formula is C31H25ClF3N7O3. The van der Waals surface area contributed by atoms with E-state index in [0.717, 1.165) is 6.07 Å². The molecule has 0 radical (unpaired) electrons. The Morgan fingerprint density at radius 2 is 1.69 bits per heavy atom. The number of benzene rings is 3. The Bertz CT molecular complexity index is 1830. The molecule has 0 aliphatic carbocycles. The summed E-state index contributed by atoms with van der Waals surface area (Å²) in [7, 11) is 0. The van der Waals surface area contributed by atoms with Crippen molar-refractivity contribution in [2.24, 2.45) is 0 Å². The number of aromatic nitrogens is 4. The van der Waals surface area contributed by atoms with Gasteiger partial charge in [-0.3, -0.25) is 9.36 Å². The number of aliphatic hydroxyl groups is 1. The summed E-state index contributed by atoms with van der Waals surface area (Å²) in [6.45, 7) is 1.85. The zero-order valence-electron chi connectivity index (χ0n) is 23.5. The van der Waals surface area contributed by atoms with Crippen LogP contribution in [0.1, 0.15) is 28.7 Å². The van der Waals surface area contributed by atoms with Crippen molar-refractivity contribution in [3.63, 3.8) is 0 Å². The van der Waals surface area contributed by atoms with E-state index < -0.39 is 29.7 Å². The Balaban J connectivity index is 1.31. The topological polar surface area (TPSA) is 134 Å². The minimum Gasteiger partial charge on any atom is -0.392 e. The fraction of sp³-hybridized carbons (Fsp3) is 0.129. The maximum absolute atomic E-state index is 13.9. The number of carbonyl (C=O) groups excluding carboxylic acids is 2. The van der Waals surface area contributed by atoms with E-state index in [0.29, 0.717) is 10.8 Å². The van der Waals surface area contributed by atoms with Gasteiger partial charge in [0.1, 0.15) is 5.82 Å². The van der Waals surface area contributed by atoms with Crippen LogP contribution in [0, 0.1) is 0 Å². The summed E-state index contributed by atoms with van der Waals surface area (Å²) in [5.41, 5.74) is -0.411. The predicted molar refractivity (Wildman–Crippen MR) is 164 cm³/mol. The van der Waals surface area contributed by atoms with Gasteiger partial charge >= 0.3 is 12.2 Å². The van der Waals surface area contributed by atoms with Crippen LogP contribution in [0.4, 0.5) is 35.3 Å². The van der Waals surface area contributed by atoms with Crippen molar-refractivity contribution < 1.29 is 27.9 Å². The van der Waals surface area contributed by atoms with E-state index in [9.17, 15) is 27.9 Å². The number of aliphatic hydroxyl groups excluding tert-OH is 1. The molecule has 0 fully saturated rings. The third kappa shape index (κ3) is 7.45. The van der Waals surface area contributed by atoms with Gasteiger partial charge in [0.15, 0.2) is 5.82 Å². The minimum atomic E-state index is -4.68. The lowest BCUT2D eigenvalue weighted by Crippen LogP contribution is -2.21. The molecule has 0 aliphatic heterocycles. The van der Waals surface area contributed by atoms with Crippen LogP contribution >= 0.6 is 11.6 Å². The van der Waals surface area contributed by atoms with E-state index in [1.54, 1.807) is 19.2 Å². The Morgan fingerprint density at radius 3 is 2.38 bits per heavy atom. The first-order valence-corrected chi connectivity index (χ1v) is 13.8. The average Bonchev–Trinajstić information content (AvgIpc) is 3.50. The standard InChI is InChI=1S/C31H25ClF3N7O3/c1-18(43)17-38-29-37-14-13-25(41-29)42-16-15-36-28(42)27(44)20-7-11-22(12-8-20)39-30(45)40-24-4-2-3-23(31(33,34)35)26(24)19-5-9-21(32)10-6-19/h2-16,18,43H,17H2,1H3,(H,37,38,41)(H2,39,40,45)/t18-/m0/s1. The molecule has 0 spiro atoms. The number of carbonyl (C=O) groups is 2. The van der Waals surface area contributed by atoms with Gasteiger partial charge in [-0.05, 0) is 67.1 Å². The number of rotatable bonds is 9. The Kier molecular flexibility index (Phi) is 9.11. The van der Waals surface area contributed by atoms with E-state index in [-0.39, 0.29) is 46.4 Å². The molecule has 0 saturated heterocycles. The second-order valence-corrected chi connectivity index (χ2v) is 10.2. The molecule has 5 aromatic rings. The molecule has 230 valence electrons. The summed E-state index contributed by atoms with van der Waals surface area (Å²) in [5, 5.41) is 17.8. The first-order chi connectivity index (χ1) is 21.5. The van der Waals surface area contributed by atoms with Gasteiger partial charge in [0, 0.05) is 47.0 Å². The number of hydrogen-bond acceptors (Lipinski definition) is 7. The molecule has 10 nitrogen and oxygen atoms in total. The summed E-state index contributed by atoms with van der Waals surface area (Å²) in [4.78, 5) is 38.8. The molecule has 2 amide bonds. The first-order valence-electron chi connectivity index (χ1n) is 13.5. The van der Waals surface area contributed by atoms with Crippen LogP contribution in [0.25, 0.3) is 16.9 Å². The lowest BCUT2D eigenvalue weighted by Gasteiger charge is -2.18. The number of hydrogen-bond donors (Lipinski definition) is 4. The van der Waals surface area contributed by atoms with Crippen LogP contribution < -0.4 is 16.0 Å². The second kappa shape index (κ2) is 13.2. The Morgan fingerprint density at radius 1 is 0.956 bits per heavy atom. The van der Waals surface area contributed by atoms with Gasteiger partial charge in [0.05, 0.1) is 17.4 Å². The van der Waals surface area contributed by atoms with Gasteiger partial charge in [-0.2, -0.15) is 18.2 Å². The number of halogens is 4. The van der Waals surface area contributed by atoms with E-state index in [4.69, 9.17) is 11.6 Å². The Labute approximate surface area is 259 Å². The molecule has 5 rings (SSSR count). The second-order valence-electron chi connectivity index (χ2n) is 9.81. The molecule has 0 saturated carbocycles. The first kappa shape index (κ1) is 31.2. The lowest BCUT2D eigenvalue weighted by atomic mass is 9.97. The number of nitrogens with zero attached hydrogens (tertiary/aromatic N) is 4. The fourth-order valence-electron chi connectivity index (χ4n) is 4.40. The SMILES string of the molecule is C[C@H](O)CNc1nccc(-n2ccnc2C(=O)c2ccc(NC(=O)Nc3cccc(C(F)(F)F)c3-c3ccc(Cl)cc3)cc2)n1. The minimum absolute atomic E-state index is 0.0581. The number of nitrogens with one attached hydrogen (secondary N) is 3. The zero-order valence-corrected chi connectivity index (χ0v) is 24.3. The van der Waals surface area contributed by atoms with Crippen LogP contribution in [0.3, 0.4) is 0 Å². The number of urea groups is 1. The third-order valence-electron chi connectivity index (χ3n) is 6.44. The highest BCUT2D eigenvalue weighted by atomic mass is 35.5. The Hall–Kier alpha value is -5.27. The summed E-state index contributed by atoms with van der Waals surface area (Å²) < 4.78 is 43.1. The van der Waals surface area contributed by atoms with Crippen molar-refractivity contribution in [1.29, 1.82) is 0 Å². The number of alkyl halides is 3. The highest BCUT2D eigenvalue weighted by molar-refractivity contribution is 6.30. The van der Waals surface area contributed by atoms with E-state index in [2.05, 4.69) is 30.9 Å². The van der Waals surface area contributed by atoms with Crippen LogP contribution in [0.2, 0.25) is 5.02 Å². The third-order valence-corrected chi connectivity index (χ3v) is 6.70. The van der Waals surface area contributed by atoms with Crippen molar-refractivity contribution >= 4 is 40.7 Å². The summed E-state index contributed by atoms with van der Waals surface area (Å²) in [5.74, 6) is 0.290. The van der Waals surface area contributed by atoms with Crippen LogP contribution in [-0.4, -0.2) is 49.1 Å². The summed E-state index contributed by atoms with van der Waals surface area (Å²) in [6.07, 6.45) is -0.765. The maximum atomic E-state index is 13.9. The van der Waals surface area contributed by atoms with Crippen LogP contribution in [0.15, 0.2) is 91.4 Å². The normalized spacial score (nSPS) is 12.0. The molecule has 0 aliphatic rings. The molecule has 14 heteroatoms. The summed E-state index contributed by atoms with van der Waals surface area (Å²) >= 11 is 5.92. The molecule has 45 heavy (non-hydrogen) atoms. The smallest absolute Gasteiger partial charge is 0.392 e. The molecule has 0 unspecified atom stereocenters. The average molecular weight is 636 g/mol. The van der Waals surface area contributed by atoms with Gasteiger partial charge < -0.3 is 21.1 Å². The van der Waals surface area contributed by atoms with E-state index in [1.807, 2.05) is 0 Å². The number of amides is 2. The number of anilines is 3. The van der Waals surface area contributed by atoms with Gasteiger partial charge in [0.2, 0.25) is 11.7 Å². The van der Waals surface area contributed by atoms with Gasteiger partial charge in [-0.1, -0.05) is 29.8 Å². The van der Waals surface area contributed by atoms with Crippen molar-refractivity contribution in [2.45, 2.75) is 19.2 Å². The molecule has 2 aromatic heterocycles. The highest BCUT2D eigenvalue weighted by Gasteiger charge is 2.35. The largest absolute Gasteiger partial charge is 0.417 e. The number of imidazole rings is 1.